The van der Waals surface area contributed by atoms with Crippen LogP contribution in [-0.2, 0) is 6.61 Å². The fraction of sp³-hybridized carbons (Fsp3) is 0.133. The Bertz CT molecular complexity index is 719. The summed E-state index contributed by atoms with van der Waals surface area (Å²) in [6, 6.07) is 8.06. The van der Waals surface area contributed by atoms with E-state index >= 15 is 0 Å². The first-order chi connectivity index (χ1) is 10.4. The number of rotatable bonds is 5. The van der Waals surface area contributed by atoms with Crippen molar-refractivity contribution in [3.8, 4) is 11.5 Å². The van der Waals surface area contributed by atoms with Gasteiger partial charge in [-0.05, 0) is 29.8 Å². The summed E-state index contributed by atoms with van der Waals surface area (Å²) in [5, 5.41) is 1.13. The highest BCUT2D eigenvalue weighted by molar-refractivity contribution is 6.42. The molecule has 22 heavy (non-hydrogen) atoms. The number of benzene rings is 2. The largest absolute Gasteiger partial charge is 0.493 e. The summed E-state index contributed by atoms with van der Waals surface area (Å²) < 4.78 is 10.8. The van der Waals surface area contributed by atoms with Gasteiger partial charge in [-0.15, -0.1) is 0 Å². The predicted molar refractivity (Wildman–Crippen MR) is 87.3 cm³/mol. The molecule has 0 aliphatic heterocycles. The van der Waals surface area contributed by atoms with Gasteiger partial charge in [-0.25, -0.2) is 0 Å². The van der Waals surface area contributed by atoms with Crippen LogP contribution in [0.2, 0.25) is 15.1 Å². The third-order valence-corrected chi connectivity index (χ3v) is 3.90. The number of hydrogen-bond acceptors (Lipinski definition) is 3. The van der Waals surface area contributed by atoms with Crippen LogP contribution in [0.4, 0.5) is 0 Å². The van der Waals surface area contributed by atoms with Gasteiger partial charge in [0.25, 0.3) is 0 Å². The summed E-state index contributed by atoms with van der Waals surface area (Å²) in [5.74, 6) is 0.0397. The Kier molecular flexibility index (Phi) is 5.40. The zero-order valence-electron chi connectivity index (χ0n) is 11.5. The van der Waals surface area contributed by atoms with Crippen molar-refractivity contribution in [1.82, 2.24) is 0 Å². The fourth-order valence-electron chi connectivity index (χ4n) is 1.79. The number of amides is 1. The maximum Gasteiger partial charge on any atom is 0.248 e. The minimum absolute atomic E-state index is 0.211. The topological polar surface area (TPSA) is 61.5 Å². The van der Waals surface area contributed by atoms with Crippen molar-refractivity contribution in [3.63, 3.8) is 0 Å². The van der Waals surface area contributed by atoms with E-state index in [1.165, 1.54) is 19.2 Å². The maximum absolute atomic E-state index is 11.2. The van der Waals surface area contributed by atoms with E-state index in [0.29, 0.717) is 21.5 Å². The molecule has 0 heterocycles. The third kappa shape index (κ3) is 3.77. The lowest BCUT2D eigenvalue weighted by molar-refractivity contribution is 0.1000. The van der Waals surface area contributed by atoms with Crippen LogP contribution in [0.3, 0.4) is 0 Å². The van der Waals surface area contributed by atoms with Crippen LogP contribution in [0, 0.1) is 0 Å². The molecule has 4 nitrogen and oxygen atoms in total. The first kappa shape index (κ1) is 16.7. The molecule has 7 heteroatoms. The molecule has 0 spiro atoms. The van der Waals surface area contributed by atoms with E-state index in [-0.39, 0.29) is 17.2 Å². The number of carbonyl (C=O) groups excluding carboxylic acids is 1. The molecule has 0 unspecified atom stereocenters. The number of carbonyl (C=O) groups is 1. The highest BCUT2D eigenvalue weighted by Gasteiger charge is 2.14. The Balaban J connectivity index is 2.25. The molecule has 1 amide bonds. The Labute approximate surface area is 142 Å². The lowest BCUT2D eigenvalue weighted by atomic mass is 10.2. The monoisotopic (exact) mass is 359 g/mol. The molecule has 0 saturated heterocycles. The highest BCUT2D eigenvalue weighted by Crippen LogP contribution is 2.37. The Hall–Kier alpha value is -1.62. The third-order valence-electron chi connectivity index (χ3n) is 2.88. The normalized spacial score (nSPS) is 10.4. The van der Waals surface area contributed by atoms with Crippen molar-refractivity contribution < 1.29 is 14.3 Å². The molecule has 2 N–H and O–H groups in total. The van der Waals surface area contributed by atoms with Gasteiger partial charge in [0.05, 0.1) is 22.2 Å². The molecule has 0 atom stereocenters. The van der Waals surface area contributed by atoms with Crippen LogP contribution >= 0.6 is 34.8 Å². The van der Waals surface area contributed by atoms with Crippen molar-refractivity contribution in [2.45, 2.75) is 6.61 Å². The van der Waals surface area contributed by atoms with E-state index in [2.05, 4.69) is 0 Å². The Morgan fingerprint density at radius 1 is 1.09 bits per heavy atom. The van der Waals surface area contributed by atoms with Crippen molar-refractivity contribution in [2.24, 2.45) is 5.73 Å². The standard InChI is InChI=1S/C15H12Cl3NO3/c1-21-13-6-9(15(19)20)5-12(18)14(13)22-7-8-2-3-10(16)11(17)4-8/h2-6H,7H2,1H3,(H2,19,20). The molecular weight excluding hydrogens is 349 g/mol. The van der Waals surface area contributed by atoms with Gasteiger partial charge >= 0.3 is 0 Å². The number of methoxy groups -OCH3 is 1. The van der Waals surface area contributed by atoms with Gasteiger partial charge in [-0.2, -0.15) is 0 Å². The lowest BCUT2D eigenvalue weighted by Crippen LogP contribution is -2.11. The number of ether oxygens (including phenoxy) is 2. The lowest BCUT2D eigenvalue weighted by Gasteiger charge is -2.13. The number of nitrogens with two attached hydrogens (primary N) is 1. The maximum atomic E-state index is 11.2. The van der Waals surface area contributed by atoms with Gasteiger partial charge in [0, 0.05) is 5.56 Å². The zero-order valence-corrected chi connectivity index (χ0v) is 13.8. The van der Waals surface area contributed by atoms with Gasteiger partial charge < -0.3 is 15.2 Å². The van der Waals surface area contributed by atoms with E-state index in [1.807, 2.05) is 0 Å². The summed E-state index contributed by atoms with van der Waals surface area (Å²) in [6.07, 6.45) is 0. The summed E-state index contributed by atoms with van der Waals surface area (Å²) in [4.78, 5) is 11.2. The first-order valence-corrected chi connectivity index (χ1v) is 7.30. The molecule has 0 aliphatic carbocycles. The van der Waals surface area contributed by atoms with E-state index in [1.54, 1.807) is 18.2 Å². The van der Waals surface area contributed by atoms with Crippen LogP contribution in [-0.4, -0.2) is 13.0 Å². The highest BCUT2D eigenvalue weighted by atomic mass is 35.5. The van der Waals surface area contributed by atoms with Crippen LogP contribution in [0.1, 0.15) is 15.9 Å². The van der Waals surface area contributed by atoms with Crippen molar-refractivity contribution in [3.05, 3.63) is 56.5 Å². The van der Waals surface area contributed by atoms with Gasteiger partial charge in [0.1, 0.15) is 6.61 Å². The Morgan fingerprint density at radius 3 is 2.41 bits per heavy atom. The molecule has 0 saturated carbocycles. The average Bonchev–Trinajstić information content (AvgIpc) is 2.48. The molecule has 2 aromatic carbocycles. The number of hydrogen-bond donors (Lipinski definition) is 1. The first-order valence-electron chi connectivity index (χ1n) is 6.16. The minimum Gasteiger partial charge on any atom is -0.493 e. The molecule has 2 aromatic rings. The van der Waals surface area contributed by atoms with Crippen LogP contribution in [0.15, 0.2) is 30.3 Å². The molecule has 116 valence electrons. The van der Waals surface area contributed by atoms with Gasteiger partial charge in [0.2, 0.25) is 5.91 Å². The molecule has 0 fully saturated rings. The number of halogens is 3. The van der Waals surface area contributed by atoms with Crippen LogP contribution in [0.5, 0.6) is 11.5 Å². The molecule has 0 bridgehead atoms. The van der Waals surface area contributed by atoms with Gasteiger partial charge in [-0.3, -0.25) is 4.79 Å². The SMILES string of the molecule is COc1cc(C(N)=O)cc(Cl)c1OCc1ccc(Cl)c(Cl)c1. The number of primary amides is 1. The Morgan fingerprint density at radius 2 is 1.82 bits per heavy atom. The quantitative estimate of drug-likeness (QED) is 0.863. The molecule has 0 aliphatic rings. The van der Waals surface area contributed by atoms with E-state index in [4.69, 9.17) is 50.0 Å². The summed E-state index contributed by atoms with van der Waals surface area (Å²) in [7, 11) is 1.45. The van der Waals surface area contributed by atoms with Crippen LogP contribution in [0.25, 0.3) is 0 Å². The van der Waals surface area contributed by atoms with Crippen LogP contribution < -0.4 is 15.2 Å². The molecule has 0 radical (unpaired) electrons. The average molecular weight is 361 g/mol. The fourth-order valence-corrected chi connectivity index (χ4v) is 2.37. The summed E-state index contributed by atoms with van der Waals surface area (Å²) in [6.45, 7) is 0.211. The summed E-state index contributed by atoms with van der Waals surface area (Å²) >= 11 is 17.9. The second-order valence-corrected chi connectivity index (χ2v) is 5.61. The van der Waals surface area contributed by atoms with Crippen molar-refractivity contribution >= 4 is 40.7 Å². The summed E-state index contributed by atoms with van der Waals surface area (Å²) in [5.41, 5.74) is 6.28. The second-order valence-electron chi connectivity index (χ2n) is 4.39. The second kappa shape index (κ2) is 7.09. The smallest absolute Gasteiger partial charge is 0.248 e. The van der Waals surface area contributed by atoms with E-state index < -0.39 is 5.91 Å². The molecule has 2 rings (SSSR count). The van der Waals surface area contributed by atoms with Crippen molar-refractivity contribution in [2.75, 3.05) is 7.11 Å². The van der Waals surface area contributed by atoms with Crippen molar-refractivity contribution in [1.29, 1.82) is 0 Å². The minimum atomic E-state index is -0.601. The molecular formula is C15H12Cl3NO3. The van der Waals surface area contributed by atoms with Gasteiger partial charge in [-0.1, -0.05) is 40.9 Å². The zero-order chi connectivity index (χ0) is 16.3. The molecule has 0 aromatic heterocycles. The predicted octanol–water partition coefficient (Wildman–Crippen LogP) is 4.33. The van der Waals surface area contributed by atoms with Gasteiger partial charge in [0.15, 0.2) is 11.5 Å². The van der Waals surface area contributed by atoms with E-state index in [9.17, 15) is 4.79 Å². The van der Waals surface area contributed by atoms with E-state index in [0.717, 1.165) is 5.56 Å².